The van der Waals surface area contributed by atoms with Crippen molar-refractivity contribution in [2.24, 2.45) is 0 Å². The summed E-state index contributed by atoms with van der Waals surface area (Å²) in [6.07, 6.45) is 1.61. The first-order valence-corrected chi connectivity index (χ1v) is 6.70. The Labute approximate surface area is 105 Å². The lowest BCUT2D eigenvalue weighted by molar-refractivity contribution is 0.0845. The molecule has 1 heterocycles. The van der Waals surface area contributed by atoms with E-state index in [1.54, 1.807) is 0 Å². The molecule has 0 aromatic heterocycles. The van der Waals surface area contributed by atoms with E-state index >= 15 is 0 Å². The third kappa shape index (κ3) is 2.41. The van der Waals surface area contributed by atoms with Crippen molar-refractivity contribution >= 4 is 15.9 Å². The highest BCUT2D eigenvalue weighted by Gasteiger charge is 2.26. The molecular weight excluding hydrogens is 268 g/mol. The molecule has 0 spiro atoms. The molecule has 1 aliphatic heterocycles. The Kier molecular flexibility index (Phi) is 3.27. The number of benzene rings is 1. The van der Waals surface area contributed by atoms with Crippen molar-refractivity contribution in [1.82, 2.24) is 0 Å². The quantitative estimate of drug-likeness (QED) is 0.845. The Morgan fingerprint density at radius 1 is 1.50 bits per heavy atom. The summed E-state index contributed by atoms with van der Waals surface area (Å²) in [4.78, 5) is 0. The summed E-state index contributed by atoms with van der Waals surface area (Å²) >= 11 is 3.28. The molecule has 0 saturated heterocycles. The van der Waals surface area contributed by atoms with Crippen LogP contribution in [0.3, 0.4) is 0 Å². The first-order valence-electron chi connectivity index (χ1n) is 5.58. The maximum atomic E-state index is 9.75. The summed E-state index contributed by atoms with van der Waals surface area (Å²) in [5.74, 6) is 0.960. The molecule has 0 fully saturated rings. The van der Waals surface area contributed by atoms with Crippen molar-refractivity contribution in [2.75, 3.05) is 5.33 Å². The third-order valence-electron chi connectivity index (χ3n) is 3.00. The van der Waals surface area contributed by atoms with Gasteiger partial charge in [-0.1, -0.05) is 22.0 Å². The molecule has 2 rings (SSSR count). The van der Waals surface area contributed by atoms with Crippen molar-refractivity contribution in [3.63, 3.8) is 0 Å². The summed E-state index contributed by atoms with van der Waals surface area (Å²) in [6, 6.07) is 5.96. The minimum absolute atomic E-state index is 0.0669. The molecule has 88 valence electrons. The molecule has 1 N–H and O–H groups in total. The van der Waals surface area contributed by atoms with Gasteiger partial charge >= 0.3 is 0 Å². The second-order valence-corrected chi connectivity index (χ2v) is 5.55. The van der Waals surface area contributed by atoms with E-state index < -0.39 is 6.10 Å². The summed E-state index contributed by atoms with van der Waals surface area (Å²) in [5.41, 5.74) is 2.10. The van der Waals surface area contributed by atoms with Gasteiger partial charge in [-0.2, -0.15) is 0 Å². The van der Waals surface area contributed by atoms with Crippen LogP contribution in [0.1, 0.15) is 37.5 Å². The minimum Gasteiger partial charge on any atom is -0.488 e. The lowest BCUT2D eigenvalue weighted by Crippen LogP contribution is -2.32. The van der Waals surface area contributed by atoms with Gasteiger partial charge in [-0.3, -0.25) is 0 Å². The number of hydrogen-bond donors (Lipinski definition) is 1. The number of aryl methyl sites for hydroxylation is 1. The van der Waals surface area contributed by atoms with Crippen molar-refractivity contribution in [3.8, 4) is 5.75 Å². The average Bonchev–Trinajstić information content (AvgIpc) is 2.26. The zero-order chi connectivity index (χ0) is 11.8. The fraction of sp³-hybridized carbons (Fsp3) is 0.538. The van der Waals surface area contributed by atoms with Crippen LogP contribution in [-0.4, -0.2) is 16.0 Å². The van der Waals surface area contributed by atoms with E-state index in [1.165, 1.54) is 5.56 Å². The summed E-state index contributed by atoms with van der Waals surface area (Å²) in [5, 5.41) is 10.3. The summed E-state index contributed by atoms with van der Waals surface area (Å²) in [7, 11) is 0. The van der Waals surface area contributed by atoms with E-state index in [0.29, 0.717) is 5.33 Å². The van der Waals surface area contributed by atoms with Gasteiger partial charge in [0.1, 0.15) is 11.4 Å². The van der Waals surface area contributed by atoms with Crippen molar-refractivity contribution < 1.29 is 9.84 Å². The van der Waals surface area contributed by atoms with E-state index in [2.05, 4.69) is 35.8 Å². The van der Waals surface area contributed by atoms with Gasteiger partial charge in [-0.15, -0.1) is 0 Å². The number of aliphatic hydroxyl groups is 1. The van der Waals surface area contributed by atoms with Crippen molar-refractivity contribution in [3.05, 3.63) is 29.3 Å². The van der Waals surface area contributed by atoms with Crippen LogP contribution in [-0.2, 0) is 6.42 Å². The SMILES string of the molecule is CC1(C)CCc2cc(C(O)CBr)ccc2O1. The van der Waals surface area contributed by atoms with Crippen LogP contribution in [0.25, 0.3) is 0 Å². The fourth-order valence-corrected chi connectivity index (χ4v) is 2.35. The van der Waals surface area contributed by atoms with Crippen LogP contribution in [0, 0.1) is 0 Å². The molecule has 0 amide bonds. The van der Waals surface area contributed by atoms with Crippen molar-refractivity contribution in [2.45, 2.75) is 38.4 Å². The first kappa shape index (κ1) is 11.9. The fourth-order valence-electron chi connectivity index (χ4n) is 1.98. The maximum Gasteiger partial charge on any atom is 0.123 e. The Morgan fingerprint density at radius 2 is 2.25 bits per heavy atom. The highest BCUT2D eigenvalue weighted by molar-refractivity contribution is 9.09. The Balaban J connectivity index is 2.28. The van der Waals surface area contributed by atoms with Crippen LogP contribution in [0.2, 0.25) is 0 Å². The van der Waals surface area contributed by atoms with Gasteiger partial charge in [0.05, 0.1) is 6.10 Å². The molecule has 1 atom stereocenters. The zero-order valence-electron chi connectivity index (χ0n) is 9.66. The second kappa shape index (κ2) is 4.38. The zero-order valence-corrected chi connectivity index (χ0v) is 11.3. The molecule has 2 nitrogen and oxygen atoms in total. The highest BCUT2D eigenvalue weighted by atomic mass is 79.9. The van der Waals surface area contributed by atoms with Crippen LogP contribution in [0.5, 0.6) is 5.75 Å². The standard InChI is InChI=1S/C13H17BrO2/c1-13(2)6-5-10-7-9(11(15)8-14)3-4-12(10)16-13/h3-4,7,11,15H,5-6,8H2,1-2H3. The predicted molar refractivity (Wildman–Crippen MR) is 68.2 cm³/mol. The number of hydrogen-bond acceptors (Lipinski definition) is 2. The van der Waals surface area contributed by atoms with Gasteiger partial charge in [0, 0.05) is 5.33 Å². The Bertz CT molecular complexity index is 388. The second-order valence-electron chi connectivity index (χ2n) is 4.90. The average molecular weight is 285 g/mol. The highest BCUT2D eigenvalue weighted by Crippen LogP contribution is 2.34. The van der Waals surface area contributed by atoms with Gasteiger partial charge in [0.15, 0.2) is 0 Å². The smallest absolute Gasteiger partial charge is 0.123 e. The Morgan fingerprint density at radius 3 is 2.94 bits per heavy atom. The first-order chi connectivity index (χ1) is 7.52. The van der Waals surface area contributed by atoms with E-state index in [1.807, 2.05) is 12.1 Å². The number of alkyl halides is 1. The van der Waals surface area contributed by atoms with E-state index in [9.17, 15) is 5.11 Å². The number of ether oxygens (including phenoxy) is 1. The molecule has 3 heteroatoms. The third-order valence-corrected chi connectivity index (χ3v) is 3.61. The van der Waals surface area contributed by atoms with Gasteiger partial charge in [0.25, 0.3) is 0 Å². The number of halogens is 1. The molecular formula is C13H17BrO2. The largest absolute Gasteiger partial charge is 0.488 e. The number of rotatable bonds is 2. The molecule has 0 radical (unpaired) electrons. The minimum atomic E-state index is -0.430. The normalized spacial score (nSPS) is 19.8. The van der Waals surface area contributed by atoms with E-state index in [4.69, 9.17) is 4.74 Å². The molecule has 0 aliphatic carbocycles. The van der Waals surface area contributed by atoms with Crippen LogP contribution in [0.4, 0.5) is 0 Å². The van der Waals surface area contributed by atoms with Crippen LogP contribution >= 0.6 is 15.9 Å². The van der Waals surface area contributed by atoms with Crippen LogP contribution in [0.15, 0.2) is 18.2 Å². The molecule has 1 aliphatic rings. The van der Waals surface area contributed by atoms with E-state index in [0.717, 1.165) is 24.2 Å². The molecule has 16 heavy (non-hydrogen) atoms. The van der Waals surface area contributed by atoms with Gasteiger partial charge < -0.3 is 9.84 Å². The number of fused-ring (bicyclic) bond motifs is 1. The summed E-state index contributed by atoms with van der Waals surface area (Å²) in [6.45, 7) is 4.22. The molecule has 0 bridgehead atoms. The van der Waals surface area contributed by atoms with Gasteiger partial charge in [-0.05, 0) is 49.9 Å². The number of aliphatic hydroxyl groups excluding tert-OH is 1. The lowest BCUT2D eigenvalue weighted by atomic mass is 9.93. The summed E-state index contributed by atoms with van der Waals surface area (Å²) < 4.78 is 5.89. The van der Waals surface area contributed by atoms with Crippen molar-refractivity contribution in [1.29, 1.82) is 0 Å². The molecule has 1 aromatic rings. The Hall–Kier alpha value is -0.540. The van der Waals surface area contributed by atoms with Gasteiger partial charge in [0.2, 0.25) is 0 Å². The topological polar surface area (TPSA) is 29.5 Å². The van der Waals surface area contributed by atoms with Gasteiger partial charge in [-0.25, -0.2) is 0 Å². The lowest BCUT2D eigenvalue weighted by Gasteiger charge is -2.32. The monoisotopic (exact) mass is 284 g/mol. The maximum absolute atomic E-state index is 9.75. The predicted octanol–water partition coefficient (Wildman–Crippen LogP) is 3.22. The van der Waals surface area contributed by atoms with Crippen LogP contribution < -0.4 is 4.74 Å². The molecule has 1 aromatic carbocycles. The molecule has 0 saturated carbocycles. The van der Waals surface area contributed by atoms with E-state index in [-0.39, 0.29) is 5.60 Å². The molecule has 1 unspecified atom stereocenters.